The van der Waals surface area contributed by atoms with Gasteiger partial charge in [0.05, 0.1) is 0 Å². The predicted molar refractivity (Wildman–Crippen MR) is 87.6 cm³/mol. The molecule has 3 rings (SSSR count). The van der Waals surface area contributed by atoms with Crippen LogP contribution in [0.25, 0.3) is 0 Å². The van der Waals surface area contributed by atoms with Gasteiger partial charge in [-0.1, -0.05) is 0 Å². The molecule has 0 bridgehead atoms. The van der Waals surface area contributed by atoms with Gasteiger partial charge < -0.3 is 19.1 Å². The fraction of sp³-hybridized carbons (Fsp3) is 0.267. The Bertz CT molecular complexity index is 628. The number of aromatic nitrogens is 1. The quantitative estimate of drug-likeness (QED) is 0.868. The highest BCUT2D eigenvalue weighted by molar-refractivity contribution is 7.80. The predicted octanol–water partition coefficient (Wildman–Crippen LogP) is 1.61. The first-order valence-corrected chi connectivity index (χ1v) is 8.16. The van der Waals surface area contributed by atoms with Gasteiger partial charge in [0.1, 0.15) is 0 Å². The van der Waals surface area contributed by atoms with Gasteiger partial charge in [0.15, 0.2) is 0 Å². The van der Waals surface area contributed by atoms with Crippen LogP contribution < -0.4 is 14.5 Å². The van der Waals surface area contributed by atoms with E-state index in [2.05, 4.69) is 19.5 Å². The normalized spacial score (nSPS) is 16.4. The van der Waals surface area contributed by atoms with Gasteiger partial charge in [-0.15, -0.1) is 0 Å². The molecule has 7 heteroatoms. The zero-order valence-electron chi connectivity index (χ0n) is 12.0. The lowest BCUT2D eigenvalue weighted by Gasteiger charge is -2.37. The molecule has 1 aromatic carbocycles. The average molecular weight is 317 g/mol. The summed E-state index contributed by atoms with van der Waals surface area (Å²) in [5, 5.41) is 0. The lowest BCUT2D eigenvalue weighted by Crippen LogP contribution is -2.46. The Labute approximate surface area is 132 Å². The van der Waals surface area contributed by atoms with Crippen molar-refractivity contribution in [2.45, 2.75) is 0 Å². The summed E-state index contributed by atoms with van der Waals surface area (Å²) in [4.78, 5) is 8.69. The van der Waals surface area contributed by atoms with E-state index in [1.807, 2.05) is 36.7 Å². The average Bonchev–Trinajstić information content (AvgIpc) is 2.56. The summed E-state index contributed by atoms with van der Waals surface area (Å²) in [7, 11) is 0. The fourth-order valence-electron chi connectivity index (χ4n) is 2.61. The molecule has 1 atom stereocenters. The first-order valence-electron chi connectivity index (χ1n) is 7.08. The van der Waals surface area contributed by atoms with Crippen molar-refractivity contribution in [3.05, 3.63) is 48.8 Å². The molecule has 1 fully saturated rings. The monoisotopic (exact) mass is 317 g/mol. The third kappa shape index (κ3) is 3.55. The zero-order valence-corrected chi connectivity index (χ0v) is 12.8. The summed E-state index contributed by atoms with van der Waals surface area (Å²) in [6, 6.07) is 11.5. The van der Waals surface area contributed by atoms with Gasteiger partial charge in [0.2, 0.25) is 0 Å². The molecule has 2 heterocycles. The Morgan fingerprint density at radius 1 is 0.909 bits per heavy atom. The van der Waals surface area contributed by atoms with E-state index in [0.29, 0.717) is 5.69 Å². The van der Waals surface area contributed by atoms with Crippen molar-refractivity contribution >= 4 is 28.3 Å². The largest absolute Gasteiger partial charge is 0.755 e. The van der Waals surface area contributed by atoms with Crippen molar-refractivity contribution in [2.75, 3.05) is 40.7 Å². The number of benzene rings is 1. The van der Waals surface area contributed by atoms with Gasteiger partial charge in [-0.2, -0.15) is 0 Å². The second-order valence-electron chi connectivity index (χ2n) is 5.06. The number of anilines is 3. The Morgan fingerprint density at radius 3 is 1.91 bits per heavy atom. The lowest BCUT2D eigenvalue weighted by atomic mass is 10.2. The molecule has 0 amide bonds. The number of pyridine rings is 1. The molecule has 1 N–H and O–H groups in total. The summed E-state index contributed by atoms with van der Waals surface area (Å²) in [6.45, 7) is 3.77. The molecule has 0 saturated carbocycles. The molecule has 1 unspecified atom stereocenters. The molecule has 1 aliphatic rings. The van der Waals surface area contributed by atoms with Crippen molar-refractivity contribution in [1.29, 1.82) is 0 Å². The molecule has 22 heavy (non-hydrogen) atoms. The van der Waals surface area contributed by atoms with Crippen LogP contribution in [0.2, 0.25) is 0 Å². The molecule has 1 aromatic heterocycles. The van der Waals surface area contributed by atoms with Crippen LogP contribution in [0, 0.1) is 0 Å². The molecule has 0 spiro atoms. The maximum absolute atomic E-state index is 10.6. The molecule has 6 nitrogen and oxygen atoms in total. The summed E-state index contributed by atoms with van der Waals surface area (Å²) in [6.07, 6.45) is 3.63. The highest BCUT2D eigenvalue weighted by Crippen LogP contribution is 2.21. The van der Waals surface area contributed by atoms with Crippen LogP contribution >= 0.6 is 0 Å². The topological polar surface area (TPSA) is 71.5 Å². The summed E-state index contributed by atoms with van der Waals surface area (Å²) < 4.78 is 23.5. The van der Waals surface area contributed by atoms with Crippen LogP contribution in [0.1, 0.15) is 0 Å². The Kier molecular flexibility index (Phi) is 4.55. The maximum Gasteiger partial charge on any atom is 0.0453 e. The minimum Gasteiger partial charge on any atom is -0.755 e. The molecule has 1 saturated heterocycles. The van der Waals surface area contributed by atoms with Crippen LogP contribution in [0.3, 0.4) is 0 Å². The third-order valence-electron chi connectivity index (χ3n) is 3.74. The second kappa shape index (κ2) is 6.76. The van der Waals surface area contributed by atoms with Crippen LogP contribution in [-0.4, -0.2) is 39.9 Å². The Hall–Kier alpha value is -2.12. The first kappa shape index (κ1) is 14.8. The number of rotatable bonds is 4. The van der Waals surface area contributed by atoms with Crippen molar-refractivity contribution in [3.63, 3.8) is 0 Å². The van der Waals surface area contributed by atoms with Crippen LogP contribution in [0.5, 0.6) is 0 Å². The highest BCUT2D eigenvalue weighted by Gasteiger charge is 2.17. The Morgan fingerprint density at radius 2 is 1.41 bits per heavy atom. The van der Waals surface area contributed by atoms with E-state index in [4.69, 9.17) is 0 Å². The second-order valence-corrected chi connectivity index (χ2v) is 5.74. The lowest BCUT2D eigenvalue weighted by molar-refractivity contribution is 0.542. The molecule has 0 aliphatic carbocycles. The summed E-state index contributed by atoms with van der Waals surface area (Å²) in [5.41, 5.74) is 2.89. The Balaban J connectivity index is 1.60. The maximum atomic E-state index is 10.6. The van der Waals surface area contributed by atoms with Crippen molar-refractivity contribution < 1.29 is 8.76 Å². The third-order valence-corrected chi connectivity index (χ3v) is 4.14. The number of hydrogen-bond acceptors (Lipinski definition) is 5. The van der Waals surface area contributed by atoms with Gasteiger partial charge in [0.25, 0.3) is 0 Å². The number of piperazine rings is 1. The van der Waals surface area contributed by atoms with Crippen molar-refractivity contribution in [3.8, 4) is 0 Å². The number of hydrogen-bond donors (Lipinski definition) is 1. The SMILES string of the molecule is O=S([O-])Nc1ccc(N2CCN(c3ccncc3)CC2)cc1. The van der Waals surface area contributed by atoms with E-state index in [9.17, 15) is 8.76 Å². The van der Waals surface area contributed by atoms with E-state index in [1.54, 1.807) is 12.1 Å². The molecule has 1 aliphatic heterocycles. The van der Waals surface area contributed by atoms with Crippen LogP contribution in [0.4, 0.5) is 17.1 Å². The number of nitrogens with one attached hydrogen (secondary N) is 1. The molecule has 2 aromatic rings. The first-order chi connectivity index (χ1) is 10.7. The molecular formula is C15H17N4O2S-. The standard InChI is InChI=1S/C15H18N4O2S/c20-22(21)17-13-1-3-14(4-2-13)18-9-11-19(12-10-18)15-5-7-16-8-6-15/h1-8,17H,9-12H2,(H,20,21)/p-1. The van der Waals surface area contributed by atoms with Gasteiger partial charge in [0, 0.05) is 66.9 Å². The molecular weight excluding hydrogens is 300 g/mol. The van der Waals surface area contributed by atoms with Crippen molar-refractivity contribution in [1.82, 2.24) is 4.98 Å². The van der Waals surface area contributed by atoms with Gasteiger partial charge in [-0.25, -0.2) is 0 Å². The highest BCUT2D eigenvalue weighted by atomic mass is 32.2. The minimum atomic E-state index is -2.28. The van der Waals surface area contributed by atoms with E-state index < -0.39 is 11.3 Å². The van der Waals surface area contributed by atoms with E-state index >= 15 is 0 Å². The molecule has 116 valence electrons. The van der Waals surface area contributed by atoms with Crippen molar-refractivity contribution in [2.24, 2.45) is 0 Å². The van der Waals surface area contributed by atoms with Crippen LogP contribution in [-0.2, 0) is 11.3 Å². The number of nitrogens with zero attached hydrogens (tertiary/aromatic N) is 3. The van der Waals surface area contributed by atoms with Gasteiger partial charge in [-0.3, -0.25) is 9.19 Å². The smallest absolute Gasteiger partial charge is 0.0453 e. The minimum absolute atomic E-state index is 0.576. The summed E-state index contributed by atoms with van der Waals surface area (Å²) in [5.74, 6) is 0. The van der Waals surface area contributed by atoms with E-state index in [1.165, 1.54) is 5.69 Å². The summed E-state index contributed by atoms with van der Waals surface area (Å²) >= 11 is -2.28. The zero-order chi connectivity index (χ0) is 15.4. The molecule has 0 radical (unpaired) electrons. The van der Waals surface area contributed by atoms with Gasteiger partial charge >= 0.3 is 0 Å². The van der Waals surface area contributed by atoms with Gasteiger partial charge in [-0.05, 0) is 36.4 Å². The fourth-order valence-corrected chi connectivity index (χ4v) is 2.94. The van der Waals surface area contributed by atoms with E-state index in [-0.39, 0.29) is 0 Å². The van der Waals surface area contributed by atoms with E-state index in [0.717, 1.165) is 31.9 Å². The van der Waals surface area contributed by atoms with Crippen LogP contribution in [0.15, 0.2) is 48.8 Å².